The predicted octanol–water partition coefficient (Wildman–Crippen LogP) is 4.33. The first-order valence-electron chi connectivity index (χ1n) is 8.42. The molecule has 0 saturated carbocycles. The molecule has 0 aromatic carbocycles. The van der Waals surface area contributed by atoms with Crippen LogP contribution in [-0.2, 0) is 18.1 Å². The van der Waals surface area contributed by atoms with Crippen molar-refractivity contribution in [2.75, 3.05) is 26.4 Å². The van der Waals surface area contributed by atoms with Gasteiger partial charge in [0, 0.05) is 0 Å². The van der Waals surface area contributed by atoms with Gasteiger partial charge in [-0.25, -0.2) is 9.09 Å². The lowest BCUT2D eigenvalue weighted by Crippen LogP contribution is -2.58. The molecular weight excluding hydrogens is 301 g/mol. The van der Waals surface area contributed by atoms with E-state index in [0.29, 0.717) is 6.73 Å². The maximum atomic E-state index is 13.1. The van der Waals surface area contributed by atoms with Crippen molar-refractivity contribution in [3.63, 3.8) is 0 Å². The molecule has 5 nitrogen and oxygen atoms in total. The Balaban J connectivity index is 2.04. The van der Waals surface area contributed by atoms with Crippen molar-refractivity contribution in [2.45, 2.75) is 72.0 Å². The molecule has 0 aromatic heterocycles. The van der Waals surface area contributed by atoms with Crippen LogP contribution in [0.1, 0.15) is 60.8 Å². The zero-order valence-electron chi connectivity index (χ0n) is 15.1. The maximum absolute atomic E-state index is 13.1. The van der Waals surface area contributed by atoms with Gasteiger partial charge in [0.25, 0.3) is 0 Å². The molecule has 3 aliphatic heterocycles. The molecule has 3 aliphatic rings. The van der Waals surface area contributed by atoms with Gasteiger partial charge >= 0.3 is 7.82 Å². The third kappa shape index (κ3) is 5.31. The number of phosphoric acid groups is 1. The topological polar surface area (TPSA) is 44.8 Å². The summed E-state index contributed by atoms with van der Waals surface area (Å²) in [5.41, 5.74) is -1.15. The van der Waals surface area contributed by atoms with Crippen molar-refractivity contribution in [3.05, 3.63) is 0 Å². The minimum Gasteiger partial charge on any atom is -0.301 e. The van der Waals surface area contributed by atoms with E-state index in [1.54, 1.807) is 0 Å². The maximum Gasteiger partial charge on any atom is 0.480 e. The highest BCUT2D eigenvalue weighted by Gasteiger charge is 2.44. The van der Waals surface area contributed by atoms with E-state index in [-0.39, 0.29) is 0 Å². The highest BCUT2D eigenvalue weighted by molar-refractivity contribution is 7.48. The number of piperidine rings is 3. The summed E-state index contributed by atoms with van der Waals surface area (Å²) >= 11 is 0. The Kier molecular flexibility index (Phi) is 5.17. The van der Waals surface area contributed by atoms with E-state index in [1.807, 2.05) is 41.5 Å². The SMILES string of the molecule is CC(C)(C)OP(=O)(OC[N+]12CCC(CC1)CC2)OC(C)(C)C. The Bertz CT molecular complexity index is 397. The lowest BCUT2D eigenvalue weighted by Gasteiger charge is -2.48. The number of quaternary nitrogens is 1. The molecule has 22 heavy (non-hydrogen) atoms. The Hall–Kier alpha value is 0.0700. The third-order valence-electron chi connectivity index (χ3n) is 4.30. The van der Waals surface area contributed by atoms with Crippen molar-refractivity contribution in [3.8, 4) is 0 Å². The first-order valence-corrected chi connectivity index (χ1v) is 9.88. The van der Waals surface area contributed by atoms with Crippen LogP contribution in [0.15, 0.2) is 0 Å². The summed E-state index contributed by atoms with van der Waals surface area (Å²) in [7, 11) is -3.58. The van der Waals surface area contributed by atoms with E-state index >= 15 is 0 Å². The van der Waals surface area contributed by atoms with Gasteiger partial charge in [-0.2, -0.15) is 0 Å². The van der Waals surface area contributed by atoms with Crippen molar-refractivity contribution in [1.29, 1.82) is 0 Å². The van der Waals surface area contributed by atoms with Crippen LogP contribution in [0.3, 0.4) is 0 Å². The average Bonchev–Trinajstić information content (AvgIpc) is 2.34. The number of rotatable bonds is 5. The Morgan fingerprint density at radius 1 is 0.909 bits per heavy atom. The Morgan fingerprint density at radius 3 is 1.68 bits per heavy atom. The van der Waals surface area contributed by atoms with Crippen LogP contribution in [0.5, 0.6) is 0 Å². The summed E-state index contributed by atoms with van der Waals surface area (Å²) in [4.78, 5) is 0. The molecule has 130 valence electrons. The highest BCUT2D eigenvalue weighted by atomic mass is 31.2. The van der Waals surface area contributed by atoms with E-state index in [0.717, 1.165) is 30.0 Å². The van der Waals surface area contributed by atoms with Gasteiger partial charge < -0.3 is 4.48 Å². The van der Waals surface area contributed by atoms with Gasteiger partial charge in [0.2, 0.25) is 0 Å². The molecule has 0 aromatic rings. The van der Waals surface area contributed by atoms with Crippen molar-refractivity contribution < 1.29 is 22.6 Å². The van der Waals surface area contributed by atoms with Crippen molar-refractivity contribution in [2.24, 2.45) is 5.92 Å². The predicted molar refractivity (Wildman–Crippen MR) is 87.4 cm³/mol. The van der Waals surface area contributed by atoms with Gasteiger partial charge in [-0.05, 0) is 66.7 Å². The largest absolute Gasteiger partial charge is 0.480 e. The van der Waals surface area contributed by atoms with Crippen molar-refractivity contribution >= 4 is 7.82 Å². The first-order chi connectivity index (χ1) is 9.91. The van der Waals surface area contributed by atoms with Gasteiger partial charge in [-0.15, -0.1) is 0 Å². The summed E-state index contributed by atoms with van der Waals surface area (Å²) in [6.45, 7) is 15.0. The molecule has 3 fully saturated rings. The molecular formula is C16H33NO4P+. The number of hydrogen-bond donors (Lipinski definition) is 0. The second-order valence-electron chi connectivity index (χ2n) is 8.86. The number of phosphoric ester groups is 1. The molecule has 0 aliphatic carbocycles. The number of fused-ring (bicyclic) bond motifs is 3. The zero-order valence-corrected chi connectivity index (χ0v) is 15.9. The van der Waals surface area contributed by atoms with Crippen LogP contribution in [-0.4, -0.2) is 42.1 Å². The van der Waals surface area contributed by atoms with E-state index in [1.165, 1.54) is 19.3 Å². The van der Waals surface area contributed by atoms with Crippen LogP contribution in [0.25, 0.3) is 0 Å². The lowest BCUT2D eigenvalue weighted by atomic mass is 9.86. The quantitative estimate of drug-likeness (QED) is 0.554. The van der Waals surface area contributed by atoms with E-state index < -0.39 is 19.0 Å². The van der Waals surface area contributed by atoms with Gasteiger partial charge in [-0.3, -0.25) is 9.05 Å². The van der Waals surface area contributed by atoms with Crippen LogP contribution < -0.4 is 0 Å². The Morgan fingerprint density at radius 2 is 1.32 bits per heavy atom. The molecule has 3 rings (SSSR count). The van der Waals surface area contributed by atoms with Gasteiger partial charge in [0.1, 0.15) is 0 Å². The van der Waals surface area contributed by atoms with Crippen LogP contribution in [0, 0.1) is 5.92 Å². The van der Waals surface area contributed by atoms with Gasteiger partial charge in [0.15, 0.2) is 6.73 Å². The molecule has 0 unspecified atom stereocenters. The standard InChI is InChI=1S/C16H33NO4P/c1-15(2,3)20-22(18,21-16(4,5)6)19-13-17-10-7-14(8-11-17)9-12-17/h14H,7-13H2,1-6H3/q+1. The number of hydrogen-bond acceptors (Lipinski definition) is 4. The van der Waals surface area contributed by atoms with Crippen LogP contribution in [0.4, 0.5) is 0 Å². The fourth-order valence-electron chi connectivity index (χ4n) is 3.27. The van der Waals surface area contributed by atoms with Gasteiger partial charge in [0.05, 0.1) is 30.8 Å². The molecule has 0 radical (unpaired) electrons. The molecule has 3 heterocycles. The molecule has 6 heteroatoms. The average molecular weight is 334 g/mol. The second-order valence-corrected chi connectivity index (χ2v) is 10.4. The smallest absolute Gasteiger partial charge is 0.301 e. The molecule has 0 atom stereocenters. The fourth-order valence-corrected chi connectivity index (χ4v) is 5.14. The molecule has 0 N–H and O–H groups in total. The first kappa shape index (κ1) is 18.4. The second kappa shape index (κ2) is 6.18. The molecule has 2 bridgehead atoms. The van der Waals surface area contributed by atoms with Gasteiger partial charge in [-0.1, -0.05) is 0 Å². The minimum atomic E-state index is -3.58. The summed E-state index contributed by atoms with van der Waals surface area (Å²) in [5.74, 6) is 0.892. The molecule has 0 amide bonds. The third-order valence-corrected chi connectivity index (χ3v) is 6.27. The van der Waals surface area contributed by atoms with E-state index in [2.05, 4.69) is 0 Å². The monoisotopic (exact) mass is 334 g/mol. The van der Waals surface area contributed by atoms with Crippen LogP contribution in [0.2, 0.25) is 0 Å². The highest BCUT2D eigenvalue weighted by Crippen LogP contribution is 2.56. The number of nitrogens with zero attached hydrogens (tertiary/aromatic N) is 1. The normalized spacial score (nSPS) is 29.8. The Labute approximate surface area is 135 Å². The van der Waals surface area contributed by atoms with Crippen LogP contribution >= 0.6 is 7.82 Å². The fraction of sp³-hybridized carbons (Fsp3) is 1.00. The summed E-state index contributed by atoms with van der Waals surface area (Å²) < 4.78 is 31.2. The van der Waals surface area contributed by atoms with E-state index in [4.69, 9.17) is 13.6 Å². The molecule has 0 spiro atoms. The summed E-state index contributed by atoms with van der Waals surface area (Å²) in [6.07, 6.45) is 3.77. The zero-order chi connectivity index (χ0) is 16.6. The van der Waals surface area contributed by atoms with E-state index in [9.17, 15) is 4.57 Å². The summed E-state index contributed by atoms with van der Waals surface area (Å²) in [6, 6.07) is 0. The molecule has 3 saturated heterocycles. The minimum absolute atomic E-state index is 0.427. The van der Waals surface area contributed by atoms with Crippen molar-refractivity contribution in [1.82, 2.24) is 0 Å². The lowest BCUT2D eigenvalue weighted by molar-refractivity contribution is -0.956. The summed E-state index contributed by atoms with van der Waals surface area (Å²) in [5, 5.41) is 0.